The van der Waals surface area contributed by atoms with Crippen molar-refractivity contribution in [3.05, 3.63) is 102 Å². The first-order valence-corrected chi connectivity index (χ1v) is 10.9. The average Bonchev–Trinajstić information content (AvgIpc) is 2.82. The van der Waals surface area contributed by atoms with Gasteiger partial charge in [-0.15, -0.1) is 0 Å². The Balaban J connectivity index is 1.38. The normalized spacial score (nSPS) is 14.4. The van der Waals surface area contributed by atoms with Crippen molar-refractivity contribution in [1.82, 2.24) is 4.90 Å². The van der Waals surface area contributed by atoms with Crippen molar-refractivity contribution in [3.63, 3.8) is 0 Å². The van der Waals surface area contributed by atoms with Crippen LogP contribution in [-0.4, -0.2) is 29.8 Å². The molecule has 0 bridgehead atoms. The van der Waals surface area contributed by atoms with Crippen LogP contribution < -0.4 is 5.32 Å². The van der Waals surface area contributed by atoms with Crippen molar-refractivity contribution in [3.8, 4) is 0 Å². The van der Waals surface area contributed by atoms with Crippen molar-refractivity contribution in [1.29, 1.82) is 0 Å². The summed E-state index contributed by atoms with van der Waals surface area (Å²) < 4.78 is 0. The molecule has 4 heteroatoms. The minimum atomic E-state index is -0.291. The maximum Gasteiger partial charge on any atom is 0.234 e. The highest BCUT2D eigenvalue weighted by Crippen LogP contribution is 2.29. The fourth-order valence-corrected chi connectivity index (χ4v) is 4.30. The Morgan fingerprint density at radius 2 is 1.26 bits per heavy atom. The second kappa shape index (κ2) is 10.1. The molecule has 0 unspecified atom stereocenters. The van der Waals surface area contributed by atoms with Crippen LogP contribution in [0.25, 0.3) is 0 Å². The van der Waals surface area contributed by atoms with E-state index in [0.717, 1.165) is 29.7 Å². The van der Waals surface area contributed by atoms with E-state index in [1.807, 2.05) is 95.9 Å². The maximum absolute atomic E-state index is 13.5. The highest BCUT2D eigenvalue weighted by atomic mass is 16.2. The van der Waals surface area contributed by atoms with Crippen molar-refractivity contribution < 1.29 is 9.59 Å². The lowest BCUT2D eigenvalue weighted by Gasteiger charge is -2.34. The zero-order valence-corrected chi connectivity index (χ0v) is 17.6. The van der Waals surface area contributed by atoms with E-state index >= 15 is 0 Å². The van der Waals surface area contributed by atoms with Gasteiger partial charge in [-0.1, -0.05) is 78.9 Å². The van der Waals surface area contributed by atoms with E-state index in [9.17, 15) is 9.59 Å². The summed E-state index contributed by atoms with van der Waals surface area (Å²) in [6.07, 6.45) is 2.20. The van der Waals surface area contributed by atoms with Crippen LogP contribution >= 0.6 is 0 Å². The van der Waals surface area contributed by atoms with Crippen molar-refractivity contribution in [2.75, 3.05) is 18.4 Å². The molecule has 4 nitrogen and oxygen atoms in total. The predicted molar refractivity (Wildman–Crippen MR) is 124 cm³/mol. The van der Waals surface area contributed by atoms with Gasteiger partial charge < -0.3 is 10.2 Å². The Bertz CT molecular complexity index is 942. The van der Waals surface area contributed by atoms with Gasteiger partial charge in [0.25, 0.3) is 0 Å². The lowest BCUT2D eigenvalue weighted by atomic mass is 9.88. The minimum Gasteiger partial charge on any atom is -0.342 e. The Labute approximate surface area is 183 Å². The number of nitrogens with zero attached hydrogens (tertiary/aromatic N) is 1. The van der Waals surface area contributed by atoms with Crippen LogP contribution in [0.15, 0.2) is 91.0 Å². The third-order valence-corrected chi connectivity index (χ3v) is 5.97. The summed E-state index contributed by atoms with van der Waals surface area (Å²) in [6, 6.07) is 29.5. The average molecular weight is 413 g/mol. The number of benzene rings is 3. The summed E-state index contributed by atoms with van der Waals surface area (Å²) in [7, 11) is 0. The molecule has 0 radical (unpaired) electrons. The molecule has 3 aromatic rings. The SMILES string of the molecule is O=C(CC1CCN(C(=O)C(c2ccccc2)c2ccccc2)CC1)Nc1ccccc1. The van der Waals surface area contributed by atoms with Crippen LogP contribution in [0.4, 0.5) is 5.69 Å². The number of para-hydroxylation sites is 1. The van der Waals surface area contributed by atoms with E-state index in [4.69, 9.17) is 0 Å². The fourth-order valence-electron chi connectivity index (χ4n) is 4.30. The topological polar surface area (TPSA) is 49.4 Å². The molecule has 1 aliphatic heterocycles. The van der Waals surface area contributed by atoms with Gasteiger partial charge in [0, 0.05) is 25.2 Å². The molecule has 0 atom stereocenters. The van der Waals surface area contributed by atoms with Crippen molar-refractivity contribution >= 4 is 17.5 Å². The van der Waals surface area contributed by atoms with Crippen LogP contribution in [0.5, 0.6) is 0 Å². The maximum atomic E-state index is 13.5. The molecule has 4 rings (SSSR count). The van der Waals surface area contributed by atoms with Gasteiger partial charge in [0.15, 0.2) is 0 Å². The molecule has 0 aromatic heterocycles. The largest absolute Gasteiger partial charge is 0.342 e. The first-order valence-electron chi connectivity index (χ1n) is 10.9. The quantitative estimate of drug-likeness (QED) is 0.613. The van der Waals surface area contributed by atoms with Gasteiger partial charge >= 0.3 is 0 Å². The number of hydrogen-bond acceptors (Lipinski definition) is 2. The van der Waals surface area contributed by atoms with Crippen LogP contribution in [0.3, 0.4) is 0 Å². The molecule has 1 N–H and O–H groups in total. The Morgan fingerprint density at radius 1 is 0.774 bits per heavy atom. The predicted octanol–water partition coefficient (Wildman–Crippen LogP) is 5.09. The van der Waals surface area contributed by atoms with E-state index in [1.54, 1.807) is 0 Å². The molecular formula is C27H28N2O2. The van der Waals surface area contributed by atoms with E-state index in [1.165, 1.54) is 0 Å². The summed E-state index contributed by atoms with van der Waals surface area (Å²) >= 11 is 0. The smallest absolute Gasteiger partial charge is 0.234 e. The molecule has 1 saturated heterocycles. The molecule has 0 aliphatic carbocycles. The zero-order chi connectivity index (χ0) is 21.5. The molecule has 0 spiro atoms. The summed E-state index contributed by atoms with van der Waals surface area (Å²) in [6.45, 7) is 1.39. The van der Waals surface area contributed by atoms with E-state index in [-0.39, 0.29) is 17.7 Å². The monoisotopic (exact) mass is 412 g/mol. The molecule has 1 aliphatic rings. The van der Waals surface area contributed by atoms with Gasteiger partial charge in [-0.3, -0.25) is 9.59 Å². The van der Waals surface area contributed by atoms with E-state index in [0.29, 0.717) is 25.4 Å². The summed E-state index contributed by atoms with van der Waals surface area (Å²) in [5.74, 6) is 0.201. The minimum absolute atomic E-state index is 0.0439. The molecule has 1 fully saturated rings. The Hall–Kier alpha value is -3.40. The molecular weight excluding hydrogens is 384 g/mol. The molecule has 0 saturated carbocycles. The molecule has 31 heavy (non-hydrogen) atoms. The third kappa shape index (κ3) is 5.40. The summed E-state index contributed by atoms with van der Waals surface area (Å²) in [5.41, 5.74) is 2.86. The zero-order valence-electron chi connectivity index (χ0n) is 17.6. The van der Waals surface area contributed by atoms with Gasteiger partial charge in [-0.25, -0.2) is 0 Å². The number of piperidine rings is 1. The number of nitrogens with one attached hydrogen (secondary N) is 1. The number of rotatable bonds is 6. The number of carbonyl (C=O) groups is 2. The van der Waals surface area contributed by atoms with Crippen LogP contribution in [-0.2, 0) is 9.59 Å². The van der Waals surface area contributed by atoms with Crippen molar-refractivity contribution in [2.24, 2.45) is 5.92 Å². The second-order valence-electron chi connectivity index (χ2n) is 8.14. The summed E-state index contributed by atoms with van der Waals surface area (Å²) in [5, 5.41) is 2.96. The highest BCUT2D eigenvalue weighted by Gasteiger charge is 2.30. The number of carbonyl (C=O) groups excluding carboxylic acids is 2. The first kappa shape index (κ1) is 20.9. The Morgan fingerprint density at radius 3 is 1.77 bits per heavy atom. The second-order valence-corrected chi connectivity index (χ2v) is 8.14. The number of hydrogen-bond donors (Lipinski definition) is 1. The molecule has 1 heterocycles. The fraction of sp³-hybridized carbons (Fsp3) is 0.259. The van der Waals surface area contributed by atoms with Gasteiger partial charge in [0.05, 0.1) is 5.92 Å². The van der Waals surface area contributed by atoms with E-state index in [2.05, 4.69) is 5.32 Å². The number of likely N-dealkylation sites (tertiary alicyclic amines) is 1. The Kier molecular flexibility index (Phi) is 6.78. The number of anilines is 1. The first-order chi connectivity index (χ1) is 15.2. The van der Waals surface area contributed by atoms with Gasteiger partial charge in [-0.2, -0.15) is 0 Å². The summed E-state index contributed by atoms with van der Waals surface area (Å²) in [4.78, 5) is 27.9. The standard InChI is InChI=1S/C27H28N2O2/c30-25(28-24-14-8-3-9-15-24)20-21-16-18-29(19-17-21)27(31)26(22-10-4-1-5-11-22)23-12-6-2-7-13-23/h1-15,21,26H,16-20H2,(H,28,30). The van der Waals surface area contributed by atoms with Crippen LogP contribution in [0.2, 0.25) is 0 Å². The van der Waals surface area contributed by atoms with Gasteiger partial charge in [0.1, 0.15) is 0 Å². The number of amides is 2. The van der Waals surface area contributed by atoms with Crippen molar-refractivity contribution in [2.45, 2.75) is 25.2 Å². The lowest BCUT2D eigenvalue weighted by molar-refractivity contribution is -0.133. The van der Waals surface area contributed by atoms with Gasteiger partial charge in [-0.05, 0) is 42.0 Å². The highest BCUT2D eigenvalue weighted by molar-refractivity contribution is 5.91. The molecule has 158 valence electrons. The molecule has 3 aromatic carbocycles. The van der Waals surface area contributed by atoms with Crippen LogP contribution in [0, 0.1) is 5.92 Å². The van der Waals surface area contributed by atoms with Crippen LogP contribution in [0.1, 0.15) is 36.3 Å². The van der Waals surface area contributed by atoms with E-state index < -0.39 is 0 Å². The molecule has 2 amide bonds. The lowest BCUT2D eigenvalue weighted by Crippen LogP contribution is -2.42. The van der Waals surface area contributed by atoms with Gasteiger partial charge in [0.2, 0.25) is 11.8 Å². The third-order valence-electron chi connectivity index (χ3n) is 5.97.